The number of ether oxygens (including phenoxy) is 1. The first-order valence-electron chi connectivity index (χ1n) is 10.9. The van der Waals surface area contributed by atoms with Crippen molar-refractivity contribution in [2.75, 3.05) is 32.8 Å². The van der Waals surface area contributed by atoms with Gasteiger partial charge < -0.3 is 15.4 Å². The summed E-state index contributed by atoms with van der Waals surface area (Å²) in [5.41, 5.74) is 3.06. The number of aromatic nitrogens is 2. The van der Waals surface area contributed by atoms with E-state index in [-0.39, 0.29) is 35.2 Å². The molecule has 1 aromatic carbocycles. The number of aliphatic imine (C=N–C) groups is 1. The molecule has 0 spiro atoms. The van der Waals surface area contributed by atoms with Crippen LogP contribution in [0.5, 0.6) is 0 Å². The number of rotatable bonds is 8. The Balaban J connectivity index is 0.00000341. The largest absolute Gasteiger partial charge is 0.381 e. The monoisotopic (exact) mass is 543 g/mol. The quantitative estimate of drug-likeness (QED) is 0.229. The molecule has 1 saturated heterocycles. The molecule has 3 rings (SSSR count). The van der Waals surface area contributed by atoms with E-state index in [0.29, 0.717) is 19.8 Å². The van der Waals surface area contributed by atoms with Crippen LogP contribution in [0.2, 0.25) is 0 Å². The SMILES string of the molecule is CCNC(=NCC1(c2cccc(F)c2)CCOCC1)NCCCn1nc(C)cc1C.I. The third-order valence-electron chi connectivity index (χ3n) is 5.71. The Morgan fingerprint density at radius 2 is 2.00 bits per heavy atom. The van der Waals surface area contributed by atoms with Gasteiger partial charge in [0.15, 0.2) is 5.96 Å². The van der Waals surface area contributed by atoms with E-state index in [2.05, 4.69) is 35.6 Å². The van der Waals surface area contributed by atoms with Crippen molar-refractivity contribution >= 4 is 29.9 Å². The van der Waals surface area contributed by atoms with Crippen LogP contribution in [0.4, 0.5) is 4.39 Å². The number of aryl methyl sites for hydroxylation is 3. The van der Waals surface area contributed by atoms with Gasteiger partial charge in [-0.05, 0) is 63.8 Å². The van der Waals surface area contributed by atoms with E-state index in [1.165, 1.54) is 11.8 Å². The Hall–Kier alpha value is -1.68. The molecule has 0 bridgehead atoms. The predicted molar refractivity (Wildman–Crippen MR) is 134 cm³/mol. The molecule has 2 aromatic rings. The lowest BCUT2D eigenvalue weighted by molar-refractivity contribution is 0.0530. The molecule has 0 atom stereocenters. The van der Waals surface area contributed by atoms with Crippen molar-refractivity contribution in [2.24, 2.45) is 4.99 Å². The Bertz CT molecular complexity index is 848. The van der Waals surface area contributed by atoms with Crippen LogP contribution in [0.25, 0.3) is 0 Å². The summed E-state index contributed by atoms with van der Waals surface area (Å²) in [5, 5.41) is 11.3. The predicted octanol–water partition coefficient (Wildman–Crippen LogP) is 3.95. The molecule has 1 aliphatic rings. The molecule has 8 heteroatoms. The topological polar surface area (TPSA) is 63.5 Å². The summed E-state index contributed by atoms with van der Waals surface area (Å²) in [6.07, 6.45) is 2.64. The lowest BCUT2D eigenvalue weighted by Gasteiger charge is -2.36. The molecule has 0 radical (unpaired) electrons. The molecule has 1 fully saturated rings. The highest BCUT2D eigenvalue weighted by Crippen LogP contribution is 2.35. The molecular weight excluding hydrogens is 508 g/mol. The molecule has 172 valence electrons. The summed E-state index contributed by atoms with van der Waals surface area (Å²) in [6, 6.07) is 9.04. The second-order valence-electron chi connectivity index (χ2n) is 8.03. The number of nitrogens with one attached hydrogen (secondary N) is 2. The molecule has 2 N–H and O–H groups in total. The van der Waals surface area contributed by atoms with Gasteiger partial charge in [0.05, 0.1) is 12.2 Å². The van der Waals surface area contributed by atoms with E-state index in [9.17, 15) is 4.39 Å². The van der Waals surface area contributed by atoms with Crippen LogP contribution in [-0.4, -0.2) is 48.6 Å². The zero-order valence-electron chi connectivity index (χ0n) is 18.8. The molecule has 6 nitrogen and oxygen atoms in total. The van der Waals surface area contributed by atoms with E-state index < -0.39 is 0 Å². The minimum Gasteiger partial charge on any atom is -0.381 e. The van der Waals surface area contributed by atoms with Gasteiger partial charge >= 0.3 is 0 Å². The van der Waals surface area contributed by atoms with Crippen LogP contribution < -0.4 is 10.6 Å². The van der Waals surface area contributed by atoms with E-state index >= 15 is 0 Å². The van der Waals surface area contributed by atoms with Crippen molar-refractivity contribution in [3.63, 3.8) is 0 Å². The zero-order valence-corrected chi connectivity index (χ0v) is 21.1. The van der Waals surface area contributed by atoms with Crippen molar-refractivity contribution in [3.8, 4) is 0 Å². The fraction of sp³-hybridized carbons (Fsp3) is 0.565. The van der Waals surface area contributed by atoms with Crippen molar-refractivity contribution in [1.82, 2.24) is 20.4 Å². The fourth-order valence-corrected chi connectivity index (χ4v) is 4.03. The van der Waals surface area contributed by atoms with Crippen LogP contribution in [0.1, 0.15) is 43.1 Å². The number of benzene rings is 1. The third kappa shape index (κ3) is 7.17. The van der Waals surface area contributed by atoms with Crippen LogP contribution in [0.3, 0.4) is 0 Å². The molecule has 1 aromatic heterocycles. The highest BCUT2D eigenvalue weighted by Gasteiger charge is 2.34. The van der Waals surface area contributed by atoms with Gasteiger partial charge in [0.1, 0.15) is 5.82 Å². The highest BCUT2D eigenvalue weighted by atomic mass is 127. The summed E-state index contributed by atoms with van der Waals surface area (Å²) >= 11 is 0. The van der Waals surface area contributed by atoms with Gasteiger partial charge in [-0.1, -0.05) is 12.1 Å². The second-order valence-corrected chi connectivity index (χ2v) is 8.03. The Morgan fingerprint density at radius 1 is 1.23 bits per heavy atom. The lowest BCUT2D eigenvalue weighted by atomic mass is 9.74. The van der Waals surface area contributed by atoms with Gasteiger partial charge in [-0.15, -0.1) is 24.0 Å². The maximum atomic E-state index is 13.9. The van der Waals surface area contributed by atoms with Crippen LogP contribution in [0, 0.1) is 19.7 Å². The fourth-order valence-electron chi connectivity index (χ4n) is 4.03. The average Bonchev–Trinajstić information content (AvgIpc) is 3.07. The first kappa shape index (κ1) is 25.6. The van der Waals surface area contributed by atoms with Crippen molar-refractivity contribution in [2.45, 2.75) is 52.0 Å². The molecule has 0 saturated carbocycles. The van der Waals surface area contributed by atoms with Crippen LogP contribution in [-0.2, 0) is 16.7 Å². The Kier molecular flexibility index (Phi) is 10.2. The van der Waals surface area contributed by atoms with E-state index in [0.717, 1.165) is 56.1 Å². The molecule has 1 aliphatic heterocycles. The number of halogens is 2. The lowest BCUT2D eigenvalue weighted by Crippen LogP contribution is -2.41. The van der Waals surface area contributed by atoms with Crippen molar-refractivity contribution < 1.29 is 9.13 Å². The number of guanidine groups is 1. The van der Waals surface area contributed by atoms with Gasteiger partial charge in [0.2, 0.25) is 0 Å². The normalized spacial score (nSPS) is 15.9. The smallest absolute Gasteiger partial charge is 0.191 e. The van der Waals surface area contributed by atoms with E-state index in [1.54, 1.807) is 12.1 Å². The second kappa shape index (κ2) is 12.4. The Morgan fingerprint density at radius 3 is 2.65 bits per heavy atom. The average molecular weight is 543 g/mol. The summed E-state index contributed by atoms with van der Waals surface area (Å²) in [6.45, 7) is 10.6. The summed E-state index contributed by atoms with van der Waals surface area (Å²) in [7, 11) is 0. The van der Waals surface area contributed by atoms with Gasteiger partial charge in [0, 0.05) is 44.0 Å². The maximum Gasteiger partial charge on any atom is 0.191 e. The minimum atomic E-state index is -0.198. The van der Waals surface area contributed by atoms with Crippen molar-refractivity contribution in [3.05, 3.63) is 53.1 Å². The van der Waals surface area contributed by atoms with Gasteiger partial charge in [-0.3, -0.25) is 9.67 Å². The highest BCUT2D eigenvalue weighted by molar-refractivity contribution is 14.0. The number of hydrogen-bond donors (Lipinski definition) is 2. The van der Waals surface area contributed by atoms with Crippen LogP contribution in [0.15, 0.2) is 35.3 Å². The van der Waals surface area contributed by atoms with Gasteiger partial charge in [-0.2, -0.15) is 5.10 Å². The van der Waals surface area contributed by atoms with Crippen molar-refractivity contribution in [1.29, 1.82) is 0 Å². The first-order chi connectivity index (χ1) is 14.5. The van der Waals surface area contributed by atoms with E-state index in [4.69, 9.17) is 9.73 Å². The van der Waals surface area contributed by atoms with Crippen LogP contribution >= 0.6 is 24.0 Å². The first-order valence-corrected chi connectivity index (χ1v) is 10.9. The summed E-state index contributed by atoms with van der Waals surface area (Å²) < 4.78 is 21.5. The summed E-state index contributed by atoms with van der Waals surface area (Å²) in [5.74, 6) is 0.602. The molecular formula is C23H35FIN5O. The maximum absolute atomic E-state index is 13.9. The molecule has 2 heterocycles. The molecule has 0 amide bonds. The third-order valence-corrected chi connectivity index (χ3v) is 5.71. The molecule has 31 heavy (non-hydrogen) atoms. The standard InChI is InChI=1S/C23H34FN5O.HI/c1-4-25-22(26-11-6-12-29-19(3)15-18(2)28-29)27-17-23(9-13-30-14-10-23)20-7-5-8-21(24)16-20;/h5,7-8,15-16H,4,6,9-14,17H2,1-3H3,(H2,25,26,27);1H. The Labute approximate surface area is 202 Å². The summed E-state index contributed by atoms with van der Waals surface area (Å²) in [4.78, 5) is 4.88. The molecule has 0 aliphatic carbocycles. The van der Waals surface area contributed by atoms with E-state index in [1.807, 2.05) is 17.7 Å². The van der Waals surface area contributed by atoms with Gasteiger partial charge in [0.25, 0.3) is 0 Å². The number of nitrogens with zero attached hydrogens (tertiary/aromatic N) is 3. The van der Waals surface area contributed by atoms with Gasteiger partial charge in [-0.25, -0.2) is 4.39 Å². The minimum absolute atomic E-state index is 0. The molecule has 0 unspecified atom stereocenters. The number of hydrogen-bond acceptors (Lipinski definition) is 3. The zero-order chi connectivity index (χ0) is 21.4.